The molecule has 5 rings (SSSR count). The fourth-order valence-corrected chi connectivity index (χ4v) is 4.24. The molecule has 0 saturated carbocycles. The Morgan fingerprint density at radius 1 is 1.14 bits per heavy atom. The number of benzene rings is 1. The lowest BCUT2D eigenvalue weighted by Crippen LogP contribution is -2.47. The van der Waals surface area contributed by atoms with E-state index in [0.717, 1.165) is 42.0 Å². The van der Waals surface area contributed by atoms with Crippen LogP contribution in [0.1, 0.15) is 6.42 Å². The highest BCUT2D eigenvalue weighted by Gasteiger charge is 2.40. The van der Waals surface area contributed by atoms with Gasteiger partial charge in [0.15, 0.2) is 0 Å². The second kappa shape index (κ2) is 6.83. The van der Waals surface area contributed by atoms with Crippen molar-refractivity contribution in [1.82, 2.24) is 24.8 Å². The monoisotopic (exact) mass is 377 g/mol. The highest BCUT2D eigenvalue weighted by Crippen LogP contribution is 2.32. The second-order valence-corrected chi connectivity index (χ2v) is 7.35. The molecule has 0 unspecified atom stereocenters. The van der Waals surface area contributed by atoms with Crippen LogP contribution in [0.5, 0.6) is 0 Å². The molecule has 0 radical (unpaired) electrons. The van der Waals surface area contributed by atoms with E-state index in [-0.39, 0.29) is 18.3 Å². The highest BCUT2D eigenvalue weighted by atomic mass is 19.1. The molecule has 3 aromatic rings. The van der Waals surface area contributed by atoms with Crippen molar-refractivity contribution < 1.29 is 9.18 Å². The number of likely N-dealkylation sites (tertiary alicyclic amines) is 1. The molecule has 1 aromatic carbocycles. The van der Waals surface area contributed by atoms with Gasteiger partial charge < -0.3 is 14.8 Å². The predicted molar refractivity (Wildman–Crippen MR) is 103 cm³/mol. The first-order valence-electron chi connectivity index (χ1n) is 9.43. The van der Waals surface area contributed by atoms with Gasteiger partial charge in [0.25, 0.3) is 0 Å². The fraction of sp³-hybridized carbons (Fsp3) is 0.286. The molecule has 6 nitrogen and oxygen atoms in total. The summed E-state index contributed by atoms with van der Waals surface area (Å²) in [7, 11) is 0. The first-order chi connectivity index (χ1) is 13.7. The maximum Gasteiger partial charge on any atom is 0.242 e. The Morgan fingerprint density at radius 2 is 1.93 bits per heavy atom. The smallest absolute Gasteiger partial charge is 0.242 e. The normalized spacial score (nSPS) is 20.7. The first-order valence-corrected chi connectivity index (χ1v) is 9.43. The lowest BCUT2D eigenvalue weighted by molar-refractivity contribution is -0.133. The third-order valence-corrected chi connectivity index (χ3v) is 5.59. The van der Waals surface area contributed by atoms with Gasteiger partial charge in [-0.15, -0.1) is 0 Å². The van der Waals surface area contributed by atoms with Crippen LogP contribution in [0, 0.1) is 5.82 Å². The zero-order valence-corrected chi connectivity index (χ0v) is 15.3. The van der Waals surface area contributed by atoms with E-state index < -0.39 is 0 Å². The van der Waals surface area contributed by atoms with Crippen LogP contribution in [-0.4, -0.2) is 50.5 Å². The van der Waals surface area contributed by atoms with E-state index in [1.165, 1.54) is 12.1 Å². The van der Waals surface area contributed by atoms with Crippen LogP contribution < -0.4 is 5.32 Å². The van der Waals surface area contributed by atoms with Gasteiger partial charge in [0, 0.05) is 48.7 Å². The maximum atomic E-state index is 13.4. The Kier molecular flexibility index (Phi) is 4.16. The van der Waals surface area contributed by atoms with E-state index in [1.54, 1.807) is 30.9 Å². The molecule has 2 aliphatic rings. The lowest BCUT2D eigenvalue weighted by atomic mass is 10.1. The number of amides is 1. The molecule has 7 heteroatoms. The third-order valence-electron chi connectivity index (χ3n) is 5.59. The van der Waals surface area contributed by atoms with Crippen molar-refractivity contribution in [3.05, 3.63) is 60.9 Å². The fourth-order valence-electron chi connectivity index (χ4n) is 4.24. The summed E-state index contributed by atoms with van der Waals surface area (Å²) in [5, 5.41) is 3.42. The average Bonchev–Trinajstić information content (AvgIpc) is 3.45. The lowest BCUT2D eigenvalue weighted by Gasteiger charge is -2.27. The van der Waals surface area contributed by atoms with Crippen LogP contribution >= 0.6 is 0 Å². The zero-order chi connectivity index (χ0) is 19.1. The molecule has 1 amide bonds. The number of nitrogens with zero attached hydrogens (tertiary/aromatic N) is 4. The van der Waals surface area contributed by atoms with Crippen molar-refractivity contribution >= 4 is 5.91 Å². The maximum absolute atomic E-state index is 13.4. The summed E-state index contributed by atoms with van der Waals surface area (Å²) in [6.07, 6.45) is 6.16. The first kappa shape index (κ1) is 17.1. The number of fused-ring (bicyclic) bond motifs is 2. The van der Waals surface area contributed by atoms with Crippen molar-refractivity contribution in [1.29, 1.82) is 0 Å². The van der Waals surface area contributed by atoms with Gasteiger partial charge >= 0.3 is 0 Å². The van der Waals surface area contributed by atoms with Gasteiger partial charge in [-0.1, -0.05) is 0 Å². The minimum absolute atomic E-state index is 0.104. The quantitative estimate of drug-likeness (QED) is 0.758. The van der Waals surface area contributed by atoms with Crippen LogP contribution in [0.25, 0.3) is 22.5 Å². The number of carbonyl (C=O) groups is 1. The average molecular weight is 377 g/mol. The molecule has 142 valence electrons. The number of halogens is 1. The van der Waals surface area contributed by atoms with E-state index in [1.807, 2.05) is 21.6 Å². The summed E-state index contributed by atoms with van der Waals surface area (Å²) in [6, 6.07) is 10.8. The summed E-state index contributed by atoms with van der Waals surface area (Å²) in [5.74, 6) is -0.186. The molecular formula is C21H20FN5O. The topological polar surface area (TPSA) is 63.1 Å². The van der Waals surface area contributed by atoms with E-state index in [2.05, 4.69) is 15.3 Å². The van der Waals surface area contributed by atoms with Crippen molar-refractivity contribution in [3.8, 4) is 22.5 Å². The molecule has 2 aliphatic heterocycles. The Bertz CT molecular complexity index is 1000. The third kappa shape index (κ3) is 2.97. The molecule has 2 bridgehead atoms. The SMILES string of the molecule is O=C(Cn1cnc(-c2ccc(F)cc2)c1-c1ccncc1)N1C[C@@H]2C[C@H]1CN2. The van der Waals surface area contributed by atoms with E-state index in [4.69, 9.17) is 0 Å². The van der Waals surface area contributed by atoms with Crippen LogP contribution in [0.4, 0.5) is 4.39 Å². The summed E-state index contributed by atoms with van der Waals surface area (Å²) in [6.45, 7) is 1.88. The van der Waals surface area contributed by atoms with E-state index in [0.29, 0.717) is 12.1 Å². The van der Waals surface area contributed by atoms with Gasteiger partial charge in [0.05, 0.1) is 17.7 Å². The van der Waals surface area contributed by atoms with Crippen molar-refractivity contribution in [2.75, 3.05) is 13.1 Å². The second-order valence-electron chi connectivity index (χ2n) is 7.35. The van der Waals surface area contributed by atoms with Crippen molar-refractivity contribution in [2.24, 2.45) is 0 Å². The van der Waals surface area contributed by atoms with E-state index in [9.17, 15) is 9.18 Å². The Hall–Kier alpha value is -3.06. The summed E-state index contributed by atoms with van der Waals surface area (Å²) >= 11 is 0. The van der Waals surface area contributed by atoms with Crippen LogP contribution in [0.15, 0.2) is 55.1 Å². The zero-order valence-electron chi connectivity index (χ0n) is 15.3. The molecule has 2 fully saturated rings. The molecule has 2 atom stereocenters. The number of hydrogen-bond donors (Lipinski definition) is 1. The molecular weight excluding hydrogens is 357 g/mol. The number of piperazine rings is 1. The minimum atomic E-state index is -0.290. The van der Waals surface area contributed by atoms with Crippen molar-refractivity contribution in [3.63, 3.8) is 0 Å². The number of pyridine rings is 1. The summed E-state index contributed by atoms with van der Waals surface area (Å²) in [5.41, 5.74) is 3.29. The number of aromatic nitrogens is 3. The van der Waals surface area contributed by atoms with Crippen LogP contribution in [0.2, 0.25) is 0 Å². The number of imidazole rings is 1. The molecule has 4 heterocycles. The molecule has 0 spiro atoms. The predicted octanol–water partition coefficient (Wildman–Crippen LogP) is 2.32. The van der Waals surface area contributed by atoms with Gasteiger partial charge in [-0.2, -0.15) is 0 Å². The van der Waals surface area contributed by atoms with Gasteiger partial charge in [0.1, 0.15) is 12.4 Å². The number of rotatable bonds is 4. The number of carbonyl (C=O) groups excluding carboxylic acids is 1. The molecule has 2 aromatic heterocycles. The largest absolute Gasteiger partial charge is 0.335 e. The molecule has 28 heavy (non-hydrogen) atoms. The molecule has 1 N–H and O–H groups in total. The van der Waals surface area contributed by atoms with Gasteiger partial charge in [0.2, 0.25) is 5.91 Å². The van der Waals surface area contributed by atoms with Gasteiger partial charge in [-0.05, 0) is 42.8 Å². The Morgan fingerprint density at radius 3 is 2.61 bits per heavy atom. The van der Waals surface area contributed by atoms with E-state index >= 15 is 0 Å². The molecule has 2 saturated heterocycles. The Balaban J connectivity index is 1.51. The highest BCUT2D eigenvalue weighted by molar-refractivity contribution is 5.82. The van der Waals surface area contributed by atoms with Gasteiger partial charge in [-0.25, -0.2) is 9.37 Å². The van der Waals surface area contributed by atoms with Crippen LogP contribution in [0.3, 0.4) is 0 Å². The van der Waals surface area contributed by atoms with Crippen LogP contribution in [-0.2, 0) is 11.3 Å². The van der Waals surface area contributed by atoms with Crippen molar-refractivity contribution in [2.45, 2.75) is 25.0 Å². The number of hydrogen-bond acceptors (Lipinski definition) is 4. The minimum Gasteiger partial charge on any atom is -0.335 e. The summed E-state index contributed by atoms with van der Waals surface area (Å²) < 4.78 is 15.2. The van der Waals surface area contributed by atoms with Gasteiger partial charge in [-0.3, -0.25) is 9.78 Å². The standard InChI is InChI=1S/C21H20FN5O/c22-16-3-1-14(2-4-16)20-21(15-5-7-23-8-6-15)26(13-25-20)12-19(28)27-11-17-9-18(27)10-24-17/h1-8,13,17-18,24H,9-12H2/t17-,18-/m0/s1. The molecule has 0 aliphatic carbocycles. The Labute approximate surface area is 162 Å². The number of nitrogens with one attached hydrogen (secondary N) is 1. The summed E-state index contributed by atoms with van der Waals surface area (Å²) in [4.78, 5) is 23.6.